The molecule has 6 rings (SSSR count). The van der Waals surface area contributed by atoms with Crippen LogP contribution in [0.1, 0.15) is 61.1 Å². The van der Waals surface area contributed by atoms with Gasteiger partial charge in [0.1, 0.15) is 12.4 Å². The van der Waals surface area contributed by atoms with Gasteiger partial charge in [-0.3, -0.25) is 4.79 Å². The van der Waals surface area contributed by atoms with Crippen molar-refractivity contribution in [3.8, 4) is 5.75 Å². The molecule has 1 aliphatic rings. The molecule has 4 aromatic carbocycles. The zero-order valence-electron chi connectivity index (χ0n) is 30.1. The minimum absolute atomic E-state index is 0.0348. The fraction of sp³-hybridized carbons (Fsp3) is 0.279. The van der Waals surface area contributed by atoms with Crippen molar-refractivity contribution in [1.29, 1.82) is 0 Å². The summed E-state index contributed by atoms with van der Waals surface area (Å²) in [5.74, 6) is 0.425. The fourth-order valence-corrected chi connectivity index (χ4v) is 6.62. The van der Waals surface area contributed by atoms with E-state index in [-0.39, 0.29) is 31.8 Å². The normalized spacial score (nSPS) is 15.2. The maximum Gasteiger partial charge on any atom is 0.407 e. The van der Waals surface area contributed by atoms with Crippen molar-refractivity contribution >= 4 is 39.6 Å². The van der Waals surface area contributed by atoms with Gasteiger partial charge in [0.2, 0.25) is 5.91 Å². The minimum atomic E-state index is -1.09. The van der Waals surface area contributed by atoms with E-state index in [0.717, 1.165) is 71.0 Å². The maximum absolute atomic E-state index is 12.6. The van der Waals surface area contributed by atoms with E-state index in [0.29, 0.717) is 11.3 Å². The predicted molar refractivity (Wildman–Crippen MR) is 206 cm³/mol. The van der Waals surface area contributed by atoms with Crippen LogP contribution in [0.3, 0.4) is 0 Å². The molecule has 0 aliphatic carbocycles. The number of ether oxygens (including phenoxy) is 2. The molecule has 1 saturated heterocycles. The number of carbonyl (C=O) groups is 2. The lowest BCUT2D eigenvalue weighted by Crippen LogP contribution is -2.35. The van der Waals surface area contributed by atoms with Crippen LogP contribution in [-0.4, -0.2) is 77.1 Å². The van der Waals surface area contributed by atoms with E-state index in [9.17, 15) is 14.7 Å². The monoisotopic (exact) mass is 698 g/mol. The van der Waals surface area contributed by atoms with Crippen molar-refractivity contribution < 1.29 is 24.2 Å². The molecule has 5 aromatic rings. The van der Waals surface area contributed by atoms with Gasteiger partial charge in [0, 0.05) is 38.7 Å². The molecular formula is C43H46N4O5. The highest BCUT2D eigenvalue weighted by Crippen LogP contribution is 2.37. The van der Waals surface area contributed by atoms with Gasteiger partial charge in [-0.2, -0.15) is 5.10 Å². The molecule has 2 amide bonds. The number of allylic oxidation sites excluding steroid dienone is 1. The molecule has 1 fully saturated rings. The summed E-state index contributed by atoms with van der Waals surface area (Å²) in [5, 5.41) is 15.8. The van der Waals surface area contributed by atoms with Gasteiger partial charge >= 0.3 is 6.09 Å². The average molecular weight is 699 g/mol. The summed E-state index contributed by atoms with van der Waals surface area (Å²) in [4.78, 5) is 27.6. The number of nitrogens with zero attached hydrogens (tertiary/aromatic N) is 4. The lowest BCUT2D eigenvalue weighted by atomic mass is 9.88. The summed E-state index contributed by atoms with van der Waals surface area (Å²) in [6, 6.07) is 34.3. The number of hydrogen-bond acceptors (Lipinski definition) is 5. The first-order chi connectivity index (χ1) is 25.3. The summed E-state index contributed by atoms with van der Waals surface area (Å²) in [5.41, 5.74) is 8.13. The first kappa shape index (κ1) is 36.1. The van der Waals surface area contributed by atoms with E-state index < -0.39 is 6.09 Å². The SMILES string of the molecule is CCC(=C(c1ccc(OCCN(CC(=CC(=O)N(C)C)c2ccccc2)C(=O)O)cc1)c1ccc2c(cnn2C2CCCCO2)c1)c1ccccc1. The fourth-order valence-electron chi connectivity index (χ4n) is 6.62. The highest BCUT2D eigenvalue weighted by Gasteiger charge is 2.21. The number of rotatable bonds is 13. The largest absolute Gasteiger partial charge is 0.492 e. The second kappa shape index (κ2) is 17.0. The van der Waals surface area contributed by atoms with E-state index in [1.54, 1.807) is 14.1 Å². The van der Waals surface area contributed by atoms with Crippen LogP contribution in [0.25, 0.3) is 27.6 Å². The third kappa shape index (κ3) is 8.61. The van der Waals surface area contributed by atoms with Gasteiger partial charge in [-0.05, 0) is 88.9 Å². The van der Waals surface area contributed by atoms with Crippen molar-refractivity contribution in [3.63, 3.8) is 0 Å². The molecule has 1 atom stereocenters. The third-order valence-electron chi connectivity index (χ3n) is 9.38. The lowest BCUT2D eigenvalue weighted by molar-refractivity contribution is -0.123. The molecule has 1 aromatic heterocycles. The van der Waals surface area contributed by atoms with Crippen molar-refractivity contribution in [3.05, 3.63) is 138 Å². The Labute approximate surface area is 305 Å². The van der Waals surface area contributed by atoms with Crippen LogP contribution in [-0.2, 0) is 9.53 Å². The molecule has 268 valence electrons. The number of fused-ring (bicyclic) bond motifs is 1. The number of carboxylic acid groups (broad SMARTS) is 1. The molecule has 1 unspecified atom stereocenters. The molecule has 0 radical (unpaired) electrons. The predicted octanol–water partition coefficient (Wildman–Crippen LogP) is 8.64. The average Bonchev–Trinajstić information content (AvgIpc) is 3.61. The molecule has 1 N–H and O–H groups in total. The van der Waals surface area contributed by atoms with Gasteiger partial charge in [-0.15, -0.1) is 0 Å². The van der Waals surface area contributed by atoms with Crippen LogP contribution in [0.15, 0.2) is 115 Å². The molecule has 0 spiro atoms. The van der Waals surface area contributed by atoms with E-state index in [1.165, 1.54) is 21.4 Å². The Morgan fingerprint density at radius 1 is 0.904 bits per heavy atom. The second-order valence-electron chi connectivity index (χ2n) is 13.1. The van der Waals surface area contributed by atoms with Gasteiger partial charge in [-0.25, -0.2) is 9.48 Å². The maximum atomic E-state index is 12.6. The first-order valence-corrected chi connectivity index (χ1v) is 17.9. The van der Waals surface area contributed by atoms with Crippen molar-refractivity contribution in [2.24, 2.45) is 0 Å². The quantitative estimate of drug-likeness (QED) is 0.0977. The minimum Gasteiger partial charge on any atom is -0.492 e. The zero-order chi connectivity index (χ0) is 36.5. The Balaban J connectivity index is 1.23. The molecule has 9 heteroatoms. The van der Waals surface area contributed by atoms with Crippen LogP contribution in [0.2, 0.25) is 0 Å². The molecule has 0 bridgehead atoms. The van der Waals surface area contributed by atoms with Crippen LogP contribution < -0.4 is 4.74 Å². The standard InChI is InChI=1S/C43H46N4O5/c1-4-38(32-15-9-6-10-16-32)42(34-20-23-39-35(27-34)29-44-47(39)41-17-11-12-25-52-41)33-18-21-37(22-19-33)51-26-24-46(43(49)50)30-36(28-40(48)45(2)3)31-13-7-5-8-14-31/h5-10,13-16,18-23,27-29,41H,4,11-12,17,24-26,30H2,1-3H3,(H,49,50). The molecule has 2 heterocycles. The van der Waals surface area contributed by atoms with E-state index in [4.69, 9.17) is 14.6 Å². The summed E-state index contributed by atoms with van der Waals surface area (Å²) in [6.45, 7) is 3.26. The molecule has 1 aliphatic heterocycles. The van der Waals surface area contributed by atoms with E-state index in [2.05, 4.69) is 61.5 Å². The van der Waals surface area contributed by atoms with E-state index >= 15 is 0 Å². The van der Waals surface area contributed by atoms with Gasteiger partial charge in [0.15, 0.2) is 6.23 Å². The van der Waals surface area contributed by atoms with Crippen LogP contribution >= 0.6 is 0 Å². The Morgan fingerprint density at radius 3 is 2.23 bits per heavy atom. The Morgan fingerprint density at radius 2 is 1.60 bits per heavy atom. The highest BCUT2D eigenvalue weighted by molar-refractivity contribution is 6.00. The van der Waals surface area contributed by atoms with Crippen molar-refractivity contribution in [1.82, 2.24) is 19.6 Å². The number of hydrogen-bond donors (Lipinski definition) is 1. The van der Waals surface area contributed by atoms with E-state index in [1.807, 2.05) is 59.4 Å². The zero-order valence-corrected chi connectivity index (χ0v) is 30.1. The number of aromatic nitrogens is 2. The molecule has 52 heavy (non-hydrogen) atoms. The lowest BCUT2D eigenvalue weighted by Gasteiger charge is -2.23. The summed E-state index contributed by atoms with van der Waals surface area (Å²) < 4.78 is 14.1. The first-order valence-electron chi connectivity index (χ1n) is 17.9. The molecule has 9 nitrogen and oxygen atoms in total. The number of carbonyl (C=O) groups excluding carboxylic acids is 1. The Hall–Kier alpha value is -5.67. The summed E-state index contributed by atoms with van der Waals surface area (Å²) >= 11 is 0. The highest BCUT2D eigenvalue weighted by atomic mass is 16.5. The van der Waals surface area contributed by atoms with Crippen LogP contribution in [0, 0.1) is 0 Å². The van der Waals surface area contributed by atoms with Crippen LogP contribution in [0.5, 0.6) is 5.75 Å². The number of likely N-dealkylation sites (N-methyl/N-ethyl adjacent to an activating group) is 1. The number of benzene rings is 4. The van der Waals surface area contributed by atoms with Gasteiger partial charge in [0.05, 0.1) is 18.3 Å². The topological polar surface area (TPSA) is 97.1 Å². The van der Waals surface area contributed by atoms with Crippen molar-refractivity contribution in [2.75, 3.05) is 40.4 Å². The van der Waals surface area contributed by atoms with Gasteiger partial charge in [0.25, 0.3) is 0 Å². The number of amides is 2. The third-order valence-corrected chi connectivity index (χ3v) is 9.38. The Kier molecular flexibility index (Phi) is 11.8. The van der Waals surface area contributed by atoms with Gasteiger partial charge < -0.3 is 24.4 Å². The smallest absolute Gasteiger partial charge is 0.407 e. The second-order valence-corrected chi connectivity index (χ2v) is 13.1. The summed E-state index contributed by atoms with van der Waals surface area (Å²) in [6.07, 6.45) is 6.31. The van der Waals surface area contributed by atoms with Crippen LogP contribution in [0.4, 0.5) is 4.79 Å². The molecule has 0 saturated carbocycles. The van der Waals surface area contributed by atoms with Gasteiger partial charge in [-0.1, -0.05) is 85.8 Å². The van der Waals surface area contributed by atoms with Crippen molar-refractivity contribution in [2.45, 2.75) is 38.8 Å². The summed E-state index contributed by atoms with van der Waals surface area (Å²) in [7, 11) is 3.33. The Bertz CT molecular complexity index is 2030. The molecular weight excluding hydrogens is 652 g/mol.